The lowest BCUT2D eigenvalue weighted by Crippen LogP contribution is -2.23. The lowest BCUT2D eigenvalue weighted by molar-refractivity contribution is 0.131. The van der Waals surface area contributed by atoms with Crippen molar-refractivity contribution in [2.75, 3.05) is 0 Å². The van der Waals surface area contributed by atoms with Gasteiger partial charge in [0.1, 0.15) is 17.1 Å². The highest BCUT2D eigenvalue weighted by Crippen LogP contribution is 2.29. The van der Waals surface area contributed by atoms with Crippen LogP contribution in [0.1, 0.15) is 100 Å². The minimum atomic E-state index is -0.123. The molecule has 31 heavy (non-hydrogen) atoms. The van der Waals surface area contributed by atoms with E-state index in [1.165, 1.54) is 11.1 Å². The molecule has 2 heteroatoms. The van der Waals surface area contributed by atoms with Crippen molar-refractivity contribution in [3.8, 4) is 11.5 Å². The first-order valence-electron chi connectivity index (χ1n) is 11.8. The fraction of sp³-hybridized carbons (Fsp3) is 0.586. The quantitative estimate of drug-likeness (QED) is 0.440. The molecule has 0 aliphatic heterocycles. The zero-order chi connectivity index (χ0) is 23.9. The predicted molar refractivity (Wildman–Crippen MR) is 136 cm³/mol. The fourth-order valence-corrected chi connectivity index (χ4v) is 2.99. The highest BCUT2D eigenvalue weighted by Gasteiger charge is 2.19. The predicted octanol–water partition coefficient (Wildman–Crippen LogP) is 8.71. The summed E-state index contributed by atoms with van der Waals surface area (Å²) in [5.41, 5.74) is 3.13. The number of hydrogen-bond donors (Lipinski definition) is 0. The number of benzene rings is 2. The lowest BCUT2D eigenvalue weighted by atomic mass is 9.82. The average molecular weight is 427 g/mol. The standard InChI is InChI=1S/C15H24O.C14H22O/c1-7-15(5,6)12-8-10-13(11-9-12)16-14(2,3)4;1-6-14(4,5)12-7-9-13(10-8-12)15-11(2)3/h8-11H,7H2,1-6H3;7-11H,6H2,1-5H3. The SMILES string of the molecule is CCC(C)(C)c1ccc(OC(C)(C)C)cc1.CCC(C)(C)c1ccc(OC(C)C)cc1. The van der Waals surface area contributed by atoms with Crippen molar-refractivity contribution in [3.05, 3.63) is 59.7 Å². The van der Waals surface area contributed by atoms with Gasteiger partial charge in [-0.25, -0.2) is 0 Å². The van der Waals surface area contributed by atoms with Crippen LogP contribution in [0.25, 0.3) is 0 Å². The topological polar surface area (TPSA) is 18.5 Å². The number of rotatable bonds is 7. The van der Waals surface area contributed by atoms with E-state index < -0.39 is 0 Å². The Morgan fingerprint density at radius 2 is 0.968 bits per heavy atom. The van der Waals surface area contributed by atoms with Gasteiger partial charge in [-0.05, 0) is 93.7 Å². The summed E-state index contributed by atoms with van der Waals surface area (Å²) in [6, 6.07) is 16.9. The molecule has 2 rings (SSSR count). The largest absolute Gasteiger partial charge is 0.491 e. The van der Waals surface area contributed by atoms with E-state index in [-0.39, 0.29) is 22.5 Å². The third kappa shape index (κ3) is 9.37. The summed E-state index contributed by atoms with van der Waals surface area (Å²) >= 11 is 0. The van der Waals surface area contributed by atoms with Crippen molar-refractivity contribution in [1.82, 2.24) is 0 Å². The molecule has 0 heterocycles. The summed E-state index contributed by atoms with van der Waals surface area (Å²) in [6.07, 6.45) is 2.54. The summed E-state index contributed by atoms with van der Waals surface area (Å²) in [4.78, 5) is 0. The normalized spacial score (nSPS) is 12.3. The number of ether oxygens (including phenoxy) is 2. The Hall–Kier alpha value is -1.96. The first kappa shape index (κ1) is 27.1. The molecule has 0 saturated carbocycles. The van der Waals surface area contributed by atoms with Crippen LogP contribution in [0.3, 0.4) is 0 Å². The van der Waals surface area contributed by atoms with Gasteiger partial charge in [-0.15, -0.1) is 0 Å². The van der Waals surface area contributed by atoms with Crippen LogP contribution in [0.15, 0.2) is 48.5 Å². The highest BCUT2D eigenvalue weighted by atomic mass is 16.5. The van der Waals surface area contributed by atoms with Crippen LogP contribution in [0, 0.1) is 0 Å². The third-order valence-electron chi connectivity index (χ3n) is 5.84. The van der Waals surface area contributed by atoms with Gasteiger partial charge < -0.3 is 9.47 Å². The zero-order valence-corrected chi connectivity index (χ0v) is 21.9. The second-order valence-corrected chi connectivity index (χ2v) is 10.9. The van der Waals surface area contributed by atoms with E-state index in [0.717, 1.165) is 24.3 Å². The van der Waals surface area contributed by atoms with Crippen LogP contribution in [0.4, 0.5) is 0 Å². The summed E-state index contributed by atoms with van der Waals surface area (Å²) in [5, 5.41) is 0. The molecule has 0 atom stereocenters. The second-order valence-electron chi connectivity index (χ2n) is 10.9. The molecule has 2 aromatic rings. The Labute approximate surface area is 192 Å². The Bertz CT molecular complexity index is 760. The van der Waals surface area contributed by atoms with E-state index in [4.69, 9.17) is 9.47 Å². The van der Waals surface area contributed by atoms with Crippen molar-refractivity contribution in [2.24, 2.45) is 0 Å². The molecule has 2 nitrogen and oxygen atoms in total. The molecular formula is C29H46O2. The lowest BCUT2D eigenvalue weighted by Gasteiger charge is -2.25. The second kappa shape index (κ2) is 11.1. The molecule has 0 aromatic heterocycles. The van der Waals surface area contributed by atoms with Gasteiger partial charge in [-0.3, -0.25) is 0 Å². The van der Waals surface area contributed by atoms with Gasteiger partial charge >= 0.3 is 0 Å². The van der Waals surface area contributed by atoms with Gasteiger partial charge in [0.15, 0.2) is 0 Å². The molecule has 0 fully saturated rings. The van der Waals surface area contributed by atoms with Gasteiger partial charge in [-0.1, -0.05) is 65.8 Å². The fourth-order valence-electron chi connectivity index (χ4n) is 2.99. The summed E-state index contributed by atoms with van der Waals surface area (Å²) in [7, 11) is 0. The van der Waals surface area contributed by atoms with E-state index in [2.05, 4.69) is 111 Å². The van der Waals surface area contributed by atoms with E-state index in [1.807, 2.05) is 13.8 Å². The Kier molecular flexibility index (Phi) is 9.67. The Balaban J connectivity index is 0.000000311. The smallest absolute Gasteiger partial charge is 0.120 e. The van der Waals surface area contributed by atoms with E-state index in [0.29, 0.717) is 0 Å². The van der Waals surface area contributed by atoms with Crippen molar-refractivity contribution >= 4 is 0 Å². The van der Waals surface area contributed by atoms with Crippen LogP contribution >= 0.6 is 0 Å². The van der Waals surface area contributed by atoms with Gasteiger partial charge in [0.25, 0.3) is 0 Å². The molecular weight excluding hydrogens is 380 g/mol. The minimum absolute atomic E-state index is 0.123. The van der Waals surface area contributed by atoms with Crippen molar-refractivity contribution < 1.29 is 9.47 Å². The molecule has 0 unspecified atom stereocenters. The molecule has 2 aromatic carbocycles. The summed E-state index contributed by atoms with van der Waals surface area (Å²) in [5.74, 6) is 1.91. The first-order chi connectivity index (χ1) is 14.2. The summed E-state index contributed by atoms with van der Waals surface area (Å²) < 4.78 is 11.4. The van der Waals surface area contributed by atoms with Gasteiger partial charge in [0.2, 0.25) is 0 Å². The molecule has 0 radical (unpaired) electrons. The van der Waals surface area contributed by atoms with Gasteiger partial charge in [-0.2, -0.15) is 0 Å². The maximum atomic E-state index is 5.80. The van der Waals surface area contributed by atoms with Crippen LogP contribution in [-0.2, 0) is 10.8 Å². The van der Waals surface area contributed by atoms with E-state index >= 15 is 0 Å². The molecule has 0 aliphatic carbocycles. The Morgan fingerprint density at radius 1 is 0.613 bits per heavy atom. The molecule has 174 valence electrons. The molecule has 0 spiro atoms. The van der Waals surface area contributed by atoms with Crippen LogP contribution in [-0.4, -0.2) is 11.7 Å². The summed E-state index contributed by atoms with van der Waals surface area (Å²) in [6.45, 7) is 23.8. The monoisotopic (exact) mass is 426 g/mol. The highest BCUT2D eigenvalue weighted by molar-refractivity contribution is 5.32. The van der Waals surface area contributed by atoms with E-state index in [9.17, 15) is 0 Å². The van der Waals surface area contributed by atoms with Gasteiger partial charge in [0, 0.05) is 0 Å². The maximum Gasteiger partial charge on any atom is 0.120 e. The van der Waals surface area contributed by atoms with Crippen LogP contribution < -0.4 is 9.47 Å². The molecule has 0 N–H and O–H groups in total. The number of hydrogen-bond acceptors (Lipinski definition) is 2. The van der Waals surface area contributed by atoms with E-state index in [1.54, 1.807) is 0 Å². The first-order valence-corrected chi connectivity index (χ1v) is 11.8. The molecule has 0 bridgehead atoms. The van der Waals surface area contributed by atoms with Crippen LogP contribution in [0.5, 0.6) is 11.5 Å². The Morgan fingerprint density at radius 3 is 1.26 bits per heavy atom. The maximum absolute atomic E-state index is 5.80. The third-order valence-corrected chi connectivity index (χ3v) is 5.84. The van der Waals surface area contributed by atoms with Crippen LogP contribution in [0.2, 0.25) is 0 Å². The molecule has 0 aliphatic rings. The van der Waals surface area contributed by atoms with Crippen molar-refractivity contribution in [1.29, 1.82) is 0 Å². The average Bonchev–Trinajstić information content (AvgIpc) is 2.67. The molecule has 0 saturated heterocycles. The zero-order valence-electron chi connectivity index (χ0n) is 21.9. The van der Waals surface area contributed by atoms with Crippen molar-refractivity contribution in [3.63, 3.8) is 0 Å². The van der Waals surface area contributed by atoms with Crippen molar-refractivity contribution in [2.45, 2.75) is 112 Å². The molecule has 0 amide bonds. The minimum Gasteiger partial charge on any atom is -0.491 e. The van der Waals surface area contributed by atoms with Gasteiger partial charge in [0.05, 0.1) is 6.10 Å².